The van der Waals surface area contributed by atoms with Gasteiger partial charge in [-0.2, -0.15) is 4.57 Å². The summed E-state index contributed by atoms with van der Waals surface area (Å²) in [5.41, 5.74) is 0.425. The van der Waals surface area contributed by atoms with Crippen molar-refractivity contribution in [1.29, 1.82) is 0 Å². The molecule has 0 aliphatic rings. The number of aromatic nitrogens is 1. The molecule has 1 heterocycles. The van der Waals surface area contributed by atoms with E-state index < -0.39 is 0 Å². The number of carbonyl (C=O) groups excluding carboxylic acids is 1. The zero-order valence-corrected chi connectivity index (χ0v) is 21.2. The van der Waals surface area contributed by atoms with Crippen LogP contribution in [0.3, 0.4) is 0 Å². The average Bonchev–Trinajstić information content (AvgIpc) is 2.79. The highest BCUT2D eigenvalue weighted by atomic mass is 16.5. The summed E-state index contributed by atoms with van der Waals surface area (Å²) in [5.74, 6) is 0.246. The Labute approximate surface area is 198 Å². The Balaban J connectivity index is 1.91. The fraction of sp³-hybridized carbons (Fsp3) is 0.724. The van der Waals surface area contributed by atoms with Crippen LogP contribution < -0.4 is 9.30 Å². The van der Waals surface area contributed by atoms with Gasteiger partial charge >= 0.3 is 11.8 Å². The fourth-order valence-corrected chi connectivity index (χ4v) is 4.10. The molecule has 0 aromatic carbocycles. The van der Waals surface area contributed by atoms with Crippen LogP contribution in [0.2, 0.25) is 0 Å². The number of nitrogens with zero attached hydrogens (tertiary/aromatic N) is 1. The van der Waals surface area contributed by atoms with Crippen molar-refractivity contribution in [2.45, 2.75) is 136 Å². The first-order valence-electron chi connectivity index (χ1n) is 13.5. The smallest absolute Gasteiger partial charge is 0.367 e. The number of unbranched alkanes of at least 4 members (excludes halogenated alkanes) is 17. The summed E-state index contributed by atoms with van der Waals surface area (Å²) >= 11 is 0. The van der Waals surface area contributed by atoms with Crippen molar-refractivity contribution < 1.29 is 14.1 Å². The minimum Gasteiger partial charge on any atom is -0.367 e. The van der Waals surface area contributed by atoms with Crippen molar-refractivity contribution >= 4 is 5.97 Å². The van der Waals surface area contributed by atoms with Crippen LogP contribution >= 0.6 is 0 Å². The van der Waals surface area contributed by atoms with Crippen LogP contribution in [0, 0.1) is 0 Å². The van der Waals surface area contributed by atoms with Gasteiger partial charge in [0.25, 0.3) is 0 Å². The van der Waals surface area contributed by atoms with Gasteiger partial charge in [0.1, 0.15) is 0 Å². The van der Waals surface area contributed by atoms with Gasteiger partial charge in [-0.3, -0.25) is 0 Å². The largest absolute Gasteiger partial charge is 0.375 e. The van der Waals surface area contributed by atoms with Gasteiger partial charge in [-0.05, 0) is 19.4 Å². The van der Waals surface area contributed by atoms with Gasteiger partial charge in [0.05, 0.1) is 6.07 Å². The van der Waals surface area contributed by atoms with Gasteiger partial charge in [0, 0.05) is 18.1 Å². The lowest BCUT2D eigenvalue weighted by Gasteiger charge is -2.05. The first-order chi connectivity index (χ1) is 15.6. The average molecular weight is 445 g/mol. The van der Waals surface area contributed by atoms with Gasteiger partial charge in [-0.15, -0.1) is 0 Å². The molecule has 0 saturated heterocycles. The molecule has 0 saturated carbocycles. The molecule has 3 nitrogen and oxygen atoms in total. The second kappa shape index (κ2) is 20.0. The van der Waals surface area contributed by atoms with E-state index in [-0.39, 0.29) is 5.97 Å². The number of carbonyl (C=O) groups is 1. The normalized spacial score (nSPS) is 10.9. The molecule has 182 valence electrons. The molecule has 0 aliphatic carbocycles. The molecule has 0 N–H and O–H groups in total. The lowest BCUT2D eigenvalue weighted by atomic mass is 10.0. The number of ether oxygens (including phenoxy) is 1. The number of rotatable bonds is 21. The van der Waals surface area contributed by atoms with Crippen LogP contribution in [0.4, 0.5) is 0 Å². The minimum atomic E-state index is -0.359. The molecular formula is C29H50NO2+. The maximum atomic E-state index is 11.8. The van der Waals surface area contributed by atoms with E-state index in [4.69, 9.17) is 4.74 Å². The van der Waals surface area contributed by atoms with Crippen molar-refractivity contribution in [2.75, 3.05) is 0 Å². The first kappa shape index (κ1) is 28.4. The monoisotopic (exact) mass is 444 g/mol. The van der Waals surface area contributed by atoms with E-state index in [2.05, 4.69) is 13.5 Å². The quantitative estimate of drug-likeness (QED) is 0.0823. The number of hydrogen-bond acceptors (Lipinski definition) is 2. The zero-order valence-electron chi connectivity index (χ0n) is 21.2. The molecule has 0 atom stereocenters. The highest BCUT2D eigenvalue weighted by molar-refractivity contribution is 5.88. The van der Waals surface area contributed by atoms with E-state index >= 15 is 0 Å². The van der Waals surface area contributed by atoms with Gasteiger partial charge in [-0.25, -0.2) is 4.79 Å². The fourth-order valence-electron chi connectivity index (χ4n) is 4.10. The second-order valence-corrected chi connectivity index (χ2v) is 9.41. The molecule has 32 heavy (non-hydrogen) atoms. The Morgan fingerprint density at radius 3 is 1.62 bits per heavy atom. The standard InChI is InChI=1S/C29H50NO2/c1-4-5-6-7-8-9-10-11-12-13-14-15-16-17-18-19-20-22-25-30-26-23-21-24-28(30)32-29(31)27(2)3/h21,23-24,26H,2,4-20,22,25H2,1,3H3/q+1. The summed E-state index contributed by atoms with van der Waals surface area (Å²) in [7, 11) is 0. The molecule has 1 rings (SSSR count). The van der Waals surface area contributed by atoms with Gasteiger partial charge in [0.2, 0.25) is 0 Å². The topological polar surface area (TPSA) is 30.2 Å². The van der Waals surface area contributed by atoms with Gasteiger partial charge in [0.15, 0.2) is 12.7 Å². The van der Waals surface area contributed by atoms with E-state index in [1.54, 1.807) is 6.92 Å². The van der Waals surface area contributed by atoms with Gasteiger partial charge < -0.3 is 4.74 Å². The number of hydrogen-bond donors (Lipinski definition) is 0. The van der Waals surface area contributed by atoms with Crippen LogP contribution in [0.5, 0.6) is 5.88 Å². The Morgan fingerprint density at radius 1 is 0.750 bits per heavy atom. The molecule has 0 radical (unpaired) electrons. The molecule has 0 fully saturated rings. The zero-order chi connectivity index (χ0) is 23.3. The first-order valence-corrected chi connectivity index (χ1v) is 13.5. The minimum absolute atomic E-state index is 0.359. The van der Waals surface area contributed by atoms with E-state index in [1.807, 2.05) is 29.0 Å². The lowest BCUT2D eigenvalue weighted by Crippen LogP contribution is -2.36. The summed E-state index contributed by atoms with van der Waals surface area (Å²) in [6.07, 6.45) is 26.9. The highest BCUT2D eigenvalue weighted by Gasteiger charge is 2.15. The molecule has 0 unspecified atom stereocenters. The maximum absolute atomic E-state index is 11.8. The third kappa shape index (κ3) is 15.2. The van der Waals surface area contributed by atoms with E-state index in [9.17, 15) is 4.79 Å². The Bertz CT molecular complexity index is 611. The number of aryl methyl sites for hydroxylation is 1. The van der Waals surface area contributed by atoms with E-state index in [0.29, 0.717) is 11.5 Å². The predicted octanol–water partition coefficient (Wildman–Crippen LogP) is 8.50. The third-order valence-electron chi connectivity index (χ3n) is 6.20. The predicted molar refractivity (Wildman–Crippen MR) is 136 cm³/mol. The molecule has 0 aliphatic heterocycles. The van der Waals surface area contributed by atoms with E-state index in [0.717, 1.165) is 13.0 Å². The van der Waals surface area contributed by atoms with Crippen LogP contribution in [0.25, 0.3) is 0 Å². The van der Waals surface area contributed by atoms with Crippen molar-refractivity contribution in [3.8, 4) is 5.88 Å². The SMILES string of the molecule is C=C(C)C(=O)Oc1cccc[n+]1CCCCCCCCCCCCCCCCCCCC. The number of esters is 1. The summed E-state index contributed by atoms with van der Waals surface area (Å²) in [6.45, 7) is 8.50. The molecule has 1 aromatic heterocycles. The Kier molecular flexibility index (Phi) is 17.7. The number of pyridine rings is 1. The Hall–Kier alpha value is -1.64. The molecule has 3 heteroatoms. The lowest BCUT2D eigenvalue weighted by molar-refractivity contribution is -0.700. The summed E-state index contributed by atoms with van der Waals surface area (Å²) in [6, 6.07) is 5.72. The van der Waals surface area contributed by atoms with Crippen molar-refractivity contribution in [3.05, 3.63) is 36.5 Å². The van der Waals surface area contributed by atoms with Crippen LogP contribution in [-0.2, 0) is 11.3 Å². The highest BCUT2D eigenvalue weighted by Crippen LogP contribution is 2.14. The maximum Gasteiger partial charge on any atom is 0.375 e. The van der Waals surface area contributed by atoms with Crippen molar-refractivity contribution in [2.24, 2.45) is 0 Å². The van der Waals surface area contributed by atoms with Gasteiger partial charge in [-0.1, -0.05) is 116 Å². The van der Waals surface area contributed by atoms with Crippen molar-refractivity contribution in [1.82, 2.24) is 0 Å². The van der Waals surface area contributed by atoms with Crippen LogP contribution in [0.15, 0.2) is 36.5 Å². The molecule has 0 spiro atoms. The third-order valence-corrected chi connectivity index (χ3v) is 6.20. The molecular weight excluding hydrogens is 394 g/mol. The van der Waals surface area contributed by atoms with Crippen molar-refractivity contribution in [3.63, 3.8) is 0 Å². The summed E-state index contributed by atoms with van der Waals surface area (Å²) < 4.78 is 7.44. The summed E-state index contributed by atoms with van der Waals surface area (Å²) in [4.78, 5) is 11.8. The Morgan fingerprint density at radius 2 is 1.19 bits per heavy atom. The van der Waals surface area contributed by atoms with Crippen LogP contribution in [-0.4, -0.2) is 5.97 Å². The molecule has 1 aromatic rings. The summed E-state index contributed by atoms with van der Waals surface area (Å²) in [5, 5.41) is 0. The second-order valence-electron chi connectivity index (χ2n) is 9.41. The van der Waals surface area contributed by atoms with E-state index in [1.165, 1.54) is 109 Å². The molecule has 0 bridgehead atoms. The molecule has 0 amide bonds. The van der Waals surface area contributed by atoms with Crippen LogP contribution in [0.1, 0.15) is 129 Å².